The van der Waals surface area contributed by atoms with Crippen LogP contribution in [-0.2, 0) is 42.8 Å². The Bertz CT molecular complexity index is 1720. The number of rotatable bonds is 7. The van der Waals surface area contributed by atoms with Crippen molar-refractivity contribution in [1.82, 2.24) is 0 Å². The Morgan fingerprint density at radius 3 is 2.53 bits per heavy atom. The third kappa shape index (κ3) is 3.24. The van der Waals surface area contributed by atoms with Crippen molar-refractivity contribution in [2.45, 2.75) is 127 Å². The minimum absolute atomic E-state index is 0.0190. The Morgan fingerprint density at radius 1 is 1.16 bits per heavy atom. The molecular formula is C37H46O12. The number of carbonyl (C=O) groups excluding carboxylic acids is 3. The summed E-state index contributed by atoms with van der Waals surface area (Å²) in [5.41, 5.74) is -9.36. The minimum atomic E-state index is -2.28. The van der Waals surface area contributed by atoms with E-state index in [1.807, 2.05) is 34.6 Å². The zero-order chi connectivity index (χ0) is 35.4. The van der Waals surface area contributed by atoms with E-state index in [4.69, 9.17) is 32.8 Å². The van der Waals surface area contributed by atoms with Crippen LogP contribution in [0.4, 0.5) is 0 Å². The first-order valence-corrected chi connectivity index (χ1v) is 17.4. The molecule has 12 nitrogen and oxygen atoms in total. The summed E-state index contributed by atoms with van der Waals surface area (Å²) < 4.78 is 44.4. The molecule has 0 aromatic carbocycles. The maximum Gasteiger partial charge on any atom is 0.333 e. The molecule has 1 aromatic heterocycles. The number of fused-ring (bicyclic) bond motifs is 4. The highest BCUT2D eigenvalue weighted by molar-refractivity contribution is 5.88. The zero-order valence-electron chi connectivity index (χ0n) is 29.3. The normalized spacial score (nSPS) is 50.7. The molecule has 1 aromatic rings. The van der Waals surface area contributed by atoms with Gasteiger partial charge in [0.2, 0.25) is 0 Å². The second-order valence-corrected chi connectivity index (χ2v) is 16.2. The fourth-order valence-electron chi connectivity index (χ4n) is 11.9. The van der Waals surface area contributed by atoms with Crippen LogP contribution in [0.2, 0.25) is 0 Å². The quantitative estimate of drug-likeness (QED) is 0.240. The first-order valence-electron chi connectivity index (χ1n) is 17.4. The van der Waals surface area contributed by atoms with E-state index in [2.05, 4.69) is 0 Å². The molecule has 4 heterocycles. The molecule has 2 N–H and O–H groups in total. The lowest BCUT2D eigenvalue weighted by Gasteiger charge is -2.75. The van der Waals surface area contributed by atoms with E-state index in [0.29, 0.717) is 36.0 Å². The van der Waals surface area contributed by atoms with E-state index in [1.165, 1.54) is 19.4 Å². The third-order valence-electron chi connectivity index (χ3n) is 14.5. The van der Waals surface area contributed by atoms with Crippen LogP contribution in [0.15, 0.2) is 46.3 Å². The SMILES string of the molecule is C/C=C(\C)C(=O)O[C@H]1[C@]2(C)C[C@]3(O)[C@@]1(O)[C@H]1O[C@@]4([C@H](C)CC)O[C@@]5(CC[C@]6(C)C(=CC(=O)O[C@H]6c6ccoc6)[C@@]15O4)[C@]3(C)[C@H]2CC(=O)OC. The molecule has 6 fully saturated rings. The number of esters is 3. The van der Waals surface area contributed by atoms with Crippen molar-refractivity contribution in [2.24, 2.45) is 28.1 Å². The van der Waals surface area contributed by atoms with E-state index < -0.39 is 86.8 Å². The van der Waals surface area contributed by atoms with Crippen LogP contribution in [0.25, 0.3) is 0 Å². The lowest BCUT2D eigenvalue weighted by atomic mass is 9.35. The van der Waals surface area contributed by atoms with Gasteiger partial charge in [-0.25, -0.2) is 9.59 Å². The second kappa shape index (κ2) is 9.64. The van der Waals surface area contributed by atoms with Gasteiger partial charge in [-0.1, -0.05) is 40.7 Å². The number of cyclic esters (lactones) is 1. The lowest BCUT2D eigenvalue weighted by Crippen LogP contribution is -2.92. The molecule has 12 heteroatoms. The van der Waals surface area contributed by atoms with Crippen LogP contribution in [0.3, 0.4) is 0 Å². The molecule has 0 radical (unpaired) electrons. The summed E-state index contributed by atoms with van der Waals surface area (Å²) in [5, 5.41) is 26.9. The number of allylic oxidation sites excluding steroid dienone is 1. The zero-order valence-corrected chi connectivity index (χ0v) is 29.3. The van der Waals surface area contributed by atoms with Gasteiger partial charge in [0.25, 0.3) is 5.97 Å². The Labute approximate surface area is 285 Å². The summed E-state index contributed by atoms with van der Waals surface area (Å²) in [7, 11) is 1.30. The number of hydrogen-bond acceptors (Lipinski definition) is 12. The molecule has 7 aliphatic rings. The van der Waals surface area contributed by atoms with Crippen molar-refractivity contribution >= 4 is 17.9 Å². The molecule has 4 bridgehead atoms. The van der Waals surface area contributed by atoms with Gasteiger partial charge in [-0.15, -0.1) is 0 Å². The highest BCUT2D eigenvalue weighted by Crippen LogP contribution is 2.88. The summed E-state index contributed by atoms with van der Waals surface area (Å²) in [6.45, 7) is 12.9. The van der Waals surface area contributed by atoms with Crippen molar-refractivity contribution in [3.8, 4) is 0 Å². The molecule has 3 aliphatic heterocycles. The molecule has 1 spiro atoms. The first-order chi connectivity index (χ1) is 23.0. The van der Waals surface area contributed by atoms with Gasteiger partial charge >= 0.3 is 17.9 Å². The predicted octanol–water partition coefficient (Wildman–Crippen LogP) is 4.19. The van der Waals surface area contributed by atoms with Crippen molar-refractivity contribution in [3.63, 3.8) is 0 Å². The van der Waals surface area contributed by atoms with Crippen LogP contribution in [0, 0.1) is 28.1 Å². The van der Waals surface area contributed by atoms with Crippen LogP contribution in [0.1, 0.15) is 92.2 Å². The molecule has 13 atom stereocenters. The van der Waals surface area contributed by atoms with E-state index in [-0.39, 0.29) is 18.8 Å². The highest BCUT2D eigenvalue weighted by atomic mass is 17.0. The number of carbonyl (C=O) groups is 3. The summed E-state index contributed by atoms with van der Waals surface area (Å²) in [6, 6.07) is 1.75. The van der Waals surface area contributed by atoms with Crippen molar-refractivity contribution in [2.75, 3.05) is 7.11 Å². The number of furan rings is 1. The van der Waals surface area contributed by atoms with Crippen LogP contribution >= 0.6 is 0 Å². The Hall–Kier alpha value is -3.03. The smallest absolute Gasteiger partial charge is 0.333 e. The fraction of sp³-hybridized carbons (Fsp3) is 0.703. The van der Waals surface area contributed by atoms with Crippen molar-refractivity contribution in [1.29, 1.82) is 0 Å². The predicted molar refractivity (Wildman–Crippen MR) is 168 cm³/mol. The van der Waals surface area contributed by atoms with Gasteiger partial charge in [0.15, 0.2) is 11.2 Å². The van der Waals surface area contributed by atoms with Crippen LogP contribution in [-0.4, -0.2) is 75.8 Å². The Balaban J connectivity index is 1.44. The molecule has 0 amide bonds. The molecule has 49 heavy (non-hydrogen) atoms. The maximum absolute atomic E-state index is 13.7. The standard InChI is InChI=1S/C37H46O12/c1-9-19(3)27(40)46-28-31(6)18-33(41)32(7,22(31)15-24(38)43-8)34-13-12-30(5)23(16-25(39)45-26(30)21-11-14-44-17-21)36(34)29(35(28,33)42)47-37(48-34,49-36)20(4)10-2/h9,11,14,16-17,20,22,26,28-29,41-42H,10,12-13,15,18H2,1-8H3/b19-9+/t20-,22+,26+,28+,29-,30-,31-,32-,33-,34+,35+,36-,37+/m1/s1. The molecule has 266 valence electrons. The van der Waals surface area contributed by atoms with Gasteiger partial charge in [-0.2, -0.15) is 0 Å². The van der Waals surface area contributed by atoms with E-state index in [9.17, 15) is 24.6 Å². The molecule has 4 aliphatic carbocycles. The second-order valence-electron chi connectivity index (χ2n) is 16.2. The van der Waals surface area contributed by atoms with Gasteiger partial charge in [-0.3, -0.25) is 4.79 Å². The van der Waals surface area contributed by atoms with Gasteiger partial charge in [0.1, 0.15) is 29.5 Å². The molecule has 4 saturated carbocycles. The van der Waals surface area contributed by atoms with E-state index >= 15 is 0 Å². The monoisotopic (exact) mass is 682 g/mol. The molecular weight excluding hydrogens is 636 g/mol. The molecule has 0 unspecified atom stereocenters. The van der Waals surface area contributed by atoms with Gasteiger partial charge in [0, 0.05) is 45.8 Å². The average molecular weight is 683 g/mol. The lowest BCUT2D eigenvalue weighted by molar-refractivity contribution is -0.455. The molecule has 8 rings (SSSR count). The Morgan fingerprint density at radius 2 is 1.90 bits per heavy atom. The number of methoxy groups -OCH3 is 1. The average Bonchev–Trinajstić information content (AvgIpc) is 3.86. The first kappa shape index (κ1) is 33.1. The van der Waals surface area contributed by atoms with Crippen LogP contribution < -0.4 is 0 Å². The number of hydrogen-bond donors (Lipinski definition) is 2. The Kier molecular flexibility index (Phi) is 6.52. The minimum Gasteiger partial charge on any atom is -0.472 e. The summed E-state index contributed by atoms with van der Waals surface area (Å²) >= 11 is 0. The summed E-state index contributed by atoms with van der Waals surface area (Å²) in [6.07, 6.45) is 3.74. The summed E-state index contributed by atoms with van der Waals surface area (Å²) in [4.78, 5) is 40.6. The molecule has 2 saturated heterocycles. The highest BCUT2D eigenvalue weighted by Gasteiger charge is 3.02. The van der Waals surface area contributed by atoms with Crippen molar-refractivity contribution in [3.05, 3.63) is 47.5 Å². The fourth-order valence-corrected chi connectivity index (χ4v) is 11.9. The number of ether oxygens (including phenoxy) is 6. The van der Waals surface area contributed by atoms with E-state index in [0.717, 1.165) is 0 Å². The largest absolute Gasteiger partial charge is 0.472 e. The maximum atomic E-state index is 13.7. The van der Waals surface area contributed by atoms with Gasteiger partial charge in [0.05, 0.1) is 19.6 Å². The van der Waals surface area contributed by atoms with E-state index in [1.54, 1.807) is 32.3 Å². The van der Waals surface area contributed by atoms with Gasteiger partial charge in [-0.05, 0) is 57.1 Å². The van der Waals surface area contributed by atoms with Gasteiger partial charge < -0.3 is 43.1 Å². The summed E-state index contributed by atoms with van der Waals surface area (Å²) in [5.74, 6) is -4.61. The van der Waals surface area contributed by atoms with Crippen molar-refractivity contribution < 1.29 is 57.4 Å². The topological polar surface area (TPSA) is 160 Å². The third-order valence-corrected chi connectivity index (χ3v) is 14.5. The van der Waals surface area contributed by atoms with Crippen LogP contribution in [0.5, 0.6) is 0 Å². The number of aliphatic hydroxyl groups is 2.